The average molecular weight is 406 g/mol. The van der Waals surface area contributed by atoms with Crippen molar-refractivity contribution in [1.82, 2.24) is 4.90 Å². The summed E-state index contributed by atoms with van der Waals surface area (Å²) in [5.74, 6) is 1.75. The van der Waals surface area contributed by atoms with Crippen LogP contribution in [0.25, 0.3) is 0 Å². The topological polar surface area (TPSA) is 66.8 Å². The van der Waals surface area contributed by atoms with Gasteiger partial charge in [0.25, 0.3) is 0 Å². The molecule has 1 aromatic rings. The highest BCUT2D eigenvalue weighted by molar-refractivity contribution is 7.99. The Labute approximate surface area is 172 Å². The lowest BCUT2D eigenvalue weighted by atomic mass is 10.00. The fourth-order valence-corrected chi connectivity index (χ4v) is 4.18. The summed E-state index contributed by atoms with van der Waals surface area (Å²) in [5, 5.41) is 10.3. The number of likely N-dealkylation sites (tertiary alicyclic amines) is 1. The molecule has 1 aliphatic heterocycles. The van der Waals surface area contributed by atoms with Gasteiger partial charge in [0.2, 0.25) is 5.91 Å². The molecular formula is C22H31NO4S. The Morgan fingerprint density at radius 3 is 2.89 bits per heavy atom. The molecule has 2 rings (SSSR count). The van der Waals surface area contributed by atoms with Crippen molar-refractivity contribution in [2.45, 2.75) is 50.7 Å². The Hall–Kier alpha value is -1.79. The maximum atomic E-state index is 12.3. The molecule has 0 saturated carbocycles. The van der Waals surface area contributed by atoms with Crippen LogP contribution in [0.5, 0.6) is 0 Å². The predicted octanol–water partition coefficient (Wildman–Crippen LogP) is 3.21. The van der Waals surface area contributed by atoms with Crippen LogP contribution in [0, 0.1) is 0 Å². The molecule has 0 spiro atoms. The Morgan fingerprint density at radius 1 is 1.36 bits per heavy atom. The third-order valence-corrected chi connectivity index (χ3v) is 5.88. The van der Waals surface area contributed by atoms with E-state index in [0.29, 0.717) is 25.8 Å². The molecule has 0 bridgehead atoms. The van der Waals surface area contributed by atoms with Gasteiger partial charge in [-0.2, -0.15) is 11.8 Å². The van der Waals surface area contributed by atoms with Crippen molar-refractivity contribution in [2.24, 2.45) is 0 Å². The number of carbonyl (C=O) groups excluding carboxylic acids is 2. The van der Waals surface area contributed by atoms with Crippen LogP contribution < -0.4 is 0 Å². The molecule has 1 aliphatic rings. The van der Waals surface area contributed by atoms with E-state index in [1.54, 1.807) is 11.8 Å². The molecule has 0 radical (unpaired) electrons. The number of amides is 1. The lowest BCUT2D eigenvalue weighted by Gasteiger charge is -2.34. The third-order valence-electron chi connectivity index (χ3n) is 4.83. The van der Waals surface area contributed by atoms with Crippen molar-refractivity contribution in [1.29, 1.82) is 0 Å². The number of rotatable bonds is 11. The fourth-order valence-electron chi connectivity index (χ4n) is 3.30. The predicted molar refractivity (Wildman–Crippen MR) is 113 cm³/mol. The number of aliphatic hydroxyl groups excluding tert-OH is 1. The minimum absolute atomic E-state index is 0.0577. The highest BCUT2D eigenvalue weighted by Gasteiger charge is 2.25. The van der Waals surface area contributed by atoms with E-state index in [4.69, 9.17) is 0 Å². The summed E-state index contributed by atoms with van der Waals surface area (Å²) in [6.45, 7) is 0.700. The molecular weight excluding hydrogens is 374 g/mol. The zero-order valence-electron chi connectivity index (χ0n) is 16.6. The first-order chi connectivity index (χ1) is 13.6. The highest BCUT2D eigenvalue weighted by Crippen LogP contribution is 2.20. The first-order valence-corrected chi connectivity index (χ1v) is 11.1. The van der Waals surface area contributed by atoms with Gasteiger partial charge in [-0.25, -0.2) is 0 Å². The Bertz CT molecular complexity index is 635. The zero-order chi connectivity index (χ0) is 20.2. The van der Waals surface area contributed by atoms with E-state index >= 15 is 0 Å². The minimum Gasteiger partial charge on any atom is -0.469 e. The lowest BCUT2D eigenvalue weighted by Crippen LogP contribution is -2.43. The second-order valence-electron chi connectivity index (χ2n) is 6.98. The monoisotopic (exact) mass is 405 g/mol. The van der Waals surface area contributed by atoms with Crippen molar-refractivity contribution in [2.75, 3.05) is 25.2 Å². The summed E-state index contributed by atoms with van der Waals surface area (Å²) < 4.78 is 4.63. The first-order valence-electron chi connectivity index (χ1n) is 9.94. The van der Waals surface area contributed by atoms with Gasteiger partial charge in [-0.05, 0) is 30.6 Å². The van der Waals surface area contributed by atoms with Crippen LogP contribution >= 0.6 is 11.8 Å². The summed E-state index contributed by atoms with van der Waals surface area (Å²) in [4.78, 5) is 25.4. The number of nitrogens with zero attached hydrogens (tertiary/aromatic N) is 1. The molecule has 1 heterocycles. The Balaban J connectivity index is 1.77. The fraction of sp³-hybridized carbons (Fsp3) is 0.545. The molecule has 28 heavy (non-hydrogen) atoms. The number of benzene rings is 1. The maximum absolute atomic E-state index is 12.3. The van der Waals surface area contributed by atoms with Gasteiger partial charge in [0.15, 0.2) is 0 Å². The van der Waals surface area contributed by atoms with Gasteiger partial charge in [-0.3, -0.25) is 9.59 Å². The number of esters is 1. The molecule has 1 unspecified atom stereocenters. The Morgan fingerprint density at radius 2 is 2.14 bits per heavy atom. The molecule has 1 aromatic carbocycles. The van der Waals surface area contributed by atoms with Crippen molar-refractivity contribution in [3.05, 3.63) is 48.0 Å². The highest BCUT2D eigenvalue weighted by atomic mass is 32.2. The standard InChI is InChI=1S/C22H31NO4S/c1-27-22(26)11-6-15-28-16-14-23-19(9-5-10-21(23)25)12-13-20(24)17-18-7-3-2-4-8-18/h2-4,7-8,12-13,19-20,24H,5-6,9-11,14-17H2,1H3/b13-12+/t19?,20-/m0/s1. The van der Waals surface area contributed by atoms with Gasteiger partial charge in [-0.15, -0.1) is 0 Å². The molecule has 0 aromatic heterocycles. The van der Waals surface area contributed by atoms with Crippen LogP contribution in [0.4, 0.5) is 0 Å². The van der Waals surface area contributed by atoms with Crippen molar-refractivity contribution >= 4 is 23.6 Å². The van der Waals surface area contributed by atoms with Gasteiger partial charge < -0.3 is 14.7 Å². The second kappa shape index (κ2) is 12.6. The number of piperidine rings is 1. The largest absolute Gasteiger partial charge is 0.469 e. The molecule has 154 valence electrons. The van der Waals surface area contributed by atoms with Crippen molar-refractivity contribution in [3.8, 4) is 0 Å². The van der Waals surface area contributed by atoms with Crippen LogP contribution in [0.1, 0.15) is 37.7 Å². The molecule has 0 aliphatic carbocycles. The molecule has 1 fully saturated rings. The van der Waals surface area contributed by atoms with Crippen LogP contribution in [0.2, 0.25) is 0 Å². The van der Waals surface area contributed by atoms with Crippen LogP contribution in [0.3, 0.4) is 0 Å². The number of methoxy groups -OCH3 is 1. The lowest BCUT2D eigenvalue weighted by molar-refractivity contribution is -0.140. The number of hydrogen-bond donors (Lipinski definition) is 1. The van der Waals surface area contributed by atoms with Crippen LogP contribution in [0.15, 0.2) is 42.5 Å². The summed E-state index contributed by atoms with van der Waals surface area (Å²) in [7, 11) is 1.40. The van der Waals surface area contributed by atoms with E-state index in [1.807, 2.05) is 47.4 Å². The number of carbonyl (C=O) groups is 2. The number of hydrogen-bond acceptors (Lipinski definition) is 5. The second-order valence-corrected chi connectivity index (χ2v) is 8.21. The van der Waals surface area contributed by atoms with Crippen molar-refractivity contribution < 1.29 is 19.4 Å². The number of aliphatic hydroxyl groups is 1. The smallest absolute Gasteiger partial charge is 0.305 e. The van der Waals surface area contributed by atoms with Gasteiger partial charge in [-0.1, -0.05) is 42.5 Å². The minimum atomic E-state index is -0.547. The van der Waals surface area contributed by atoms with Crippen LogP contribution in [-0.2, 0) is 20.7 Å². The number of thioether (sulfide) groups is 1. The SMILES string of the molecule is COC(=O)CCCSCCN1C(=O)CCCC1/C=C/[C@H](O)Cc1ccccc1. The average Bonchev–Trinajstić information content (AvgIpc) is 2.70. The van der Waals surface area contributed by atoms with Gasteiger partial charge in [0.1, 0.15) is 0 Å². The van der Waals surface area contributed by atoms with Crippen LogP contribution in [-0.4, -0.2) is 59.2 Å². The van der Waals surface area contributed by atoms with Gasteiger partial charge in [0.05, 0.1) is 19.3 Å². The number of ether oxygens (including phenoxy) is 1. The summed E-state index contributed by atoms with van der Waals surface area (Å²) in [5.41, 5.74) is 1.10. The Kier molecular flexibility index (Phi) is 10.1. The molecule has 1 saturated heterocycles. The molecule has 1 N–H and O–H groups in total. The zero-order valence-corrected chi connectivity index (χ0v) is 17.4. The van der Waals surface area contributed by atoms with E-state index in [2.05, 4.69) is 4.74 Å². The molecule has 2 atom stereocenters. The summed E-state index contributed by atoms with van der Waals surface area (Å²) in [6, 6.07) is 9.97. The third kappa shape index (κ3) is 8.07. The first kappa shape index (κ1) is 22.5. The van der Waals surface area contributed by atoms with Crippen molar-refractivity contribution in [3.63, 3.8) is 0 Å². The van der Waals surface area contributed by atoms with E-state index in [-0.39, 0.29) is 17.9 Å². The molecule has 1 amide bonds. The normalized spacial score (nSPS) is 18.4. The quantitative estimate of drug-likeness (QED) is 0.348. The van der Waals surface area contributed by atoms with E-state index in [0.717, 1.165) is 36.3 Å². The van der Waals surface area contributed by atoms with E-state index < -0.39 is 6.10 Å². The van der Waals surface area contributed by atoms with E-state index in [1.165, 1.54) is 7.11 Å². The van der Waals surface area contributed by atoms with Gasteiger partial charge in [0, 0.05) is 31.6 Å². The summed E-state index contributed by atoms with van der Waals surface area (Å²) in [6.07, 6.45) is 7.52. The van der Waals surface area contributed by atoms with Gasteiger partial charge >= 0.3 is 5.97 Å². The summed E-state index contributed by atoms with van der Waals surface area (Å²) >= 11 is 1.75. The molecule has 5 nitrogen and oxygen atoms in total. The molecule has 6 heteroatoms. The van der Waals surface area contributed by atoms with E-state index in [9.17, 15) is 14.7 Å². The maximum Gasteiger partial charge on any atom is 0.305 e.